The van der Waals surface area contributed by atoms with E-state index < -0.39 is 28.8 Å². The number of amides is 2. The van der Waals surface area contributed by atoms with Crippen LogP contribution in [-0.4, -0.2) is 82.5 Å². The molecule has 1 aliphatic heterocycles. The molecule has 7 rings (SSSR count). The molecule has 6 atom stereocenters. The molecular weight excluding hydrogens is 961 g/mol. The number of carbonyl (C=O) groups is 2. The second-order valence-electron chi connectivity index (χ2n) is 20.5. The van der Waals surface area contributed by atoms with Gasteiger partial charge in [-0.2, -0.15) is 0 Å². The maximum absolute atomic E-state index is 15.4. The van der Waals surface area contributed by atoms with Gasteiger partial charge in [-0.3, -0.25) is 14.9 Å². The highest BCUT2D eigenvalue weighted by Crippen LogP contribution is 2.62. The second-order valence-corrected chi connectivity index (χ2v) is 20.5. The summed E-state index contributed by atoms with van der Waals surface area (Å²) in [5.74, 6) is -1.99. The quantitative estimate of drug-likeness (QED) is 0.0144. The number of fused-ring (bicyclic) bond motifs is 3. The van der Waals surface area contributed by atoms with Gasteiger partial charge < -0.3 is 39.5 Å². The number of hydrogen-bond acceptors (Lipinski definition) is 11. The SMILES string of the molecule is C=CCO[C@@]12Oc3ccc(OC(=O)NCCCCCCCCCCCC)cc3[C@H]3[C@H](CCCCO)[C@@H](CCCCO)C=C(C(=NOCC)C[C@@H]1N(Cc1cccc4ccccc14)C(=O)C=Cc1ccc([N+](=O)[O-])cc1)[C@H]32. The number of nitrogens with zero attached hydrogens (tertiary/aromatic N) is 3. The Morgan fingerprint density at radius 2 is 1.59 bits per heavy atom. The average molecular weight is 1040 g/mol. The fraction of sp³-hybridized carbons (Fsp3) is 0.500. The maximum Gasteiger partial charge on any atom is 0.412 e. The summed E-state index contributed by atoms with van der Waals surface area (Å²) in [6.45, 7) is 9.34. The number of nitrogens with one attached hydrogen (secondary N) is 1. The highest BCUT2D eigenvalue weighted by molar-refractivity contribution is 6.03. The van der Waals surface area contributed by atoms with Gasteiger partial charge in [0.1, 0.15) is 24.1 Å². The molecule has 0 bridgehead atoms. The molecule has 1 fully saturated rings. The Morgan fingerprint density at radius 1 is 0.882 bits per heavy atom. The van der Waals surface area contributed by atoms with Crippen molar-refractivity contribution in [2.45, 2.75) is 147 Å². The van der Waals surface area contributed by atoms with Crippen LogP contribution in [-0.2, 0) is 20.9 Å². The Kier molecular flexibility index (Phi) is 22.1. The predicted molar refractivity (Wildman–Crippen MR) is 299 cm³/mol. The molecule has 1 heterocycles. The van der Waals surface area contributed by atoms with Crippen molar-refractivity contribution in [2.24, 2.45) is 22.9 Å². The molecule has 0 unspecified atom stereocenters. The van der Waals surface area contributed by atoms with Gasteiger partial charge in [-0.05, 0) is 115 Å². The summed E-state index contributed by atoms with van der Waals surface area (Å²) in [6.07, 6.45) is 23.0. The fourth-order valence-electron chi connectivity index (χ4n) is 11.7. The third kappa shape index (κ3) is 14.6. The minimum atomic E-state index is -1.55. The van der Waals surface area contributed by atoms with Gasteiger partial charge in [0, 0.05) is 62.4 Å². The highest BCUT2D eigenvalue weighted by Gasteiger charge is 2.65. The zero-order valence-corrected chi connectivity index (χ0v) is 44.8. The summed E-state index contributed by atoms with van der Waals surface area (Å²) in [5.41, 5.74) is 3.81. The van der Waals surface area contributed by atoms with Crippen LogP contribution in [0.1, 0.15) is 146 Å². The molecule has 408 valence electrons. The van der Waals surface area contributed by atoms with Crippen molar-refractivity contribution in [3.05, 3.63) is 142 Å². The van der Waals surface area contributed by atoms with Gasteiger partial charge in [-0.1, -0.05) is 137 Å². The number of ether oxygens (including phenoxy) is 3. The van der Waals surface area contributed by atoms with Crippen molar-refractivity contribution >= 4 is 40.2 Å². The number of hydrogen-bond donors (Lipinski definition) is 3. The van der Waals surface area contributed by atoms with Gasteiger partial charge in [0.2, 0.25) is 11.7 Å². The van der Waals surface area contributed by atoms with Crippen molar-refractivity contribution in [3.8, 4) is 11.5 Å². The maximum atomic E-state index is 15.4. The van der Waals surface area contributed by atoms with E-state index in [1.54, 1.807) is 35.3 Å². The van der Waals surface area contributed by atoms with Gasteiger partial charge in [-0.25, -0.2) is 4.79 Å². The highest BCUT2D eigenvalue weighted by atomic mass is 16.7. The number of aliphatic hydroxyl groups is 2. The molecule has 0 radical (unpaired) electrons. The van der Waals surface area contributed by atoms with Gasteiger partial charge >= 0.3 is 6.09 Å². The molecule has 3 aliphatic rings. The molecule has 14 nitrogen and oxygen atoms in total. The van der Waals surface area contributed by atoms with Crippen molar-refractivity contribution in [3.63, 3.8) is 0 Å². The number of carbonyl (C=O) groups excluding carboxylic acids is 2. The molecule has 2 aliphatic carbocycles. The molecule has 2 amide bonds. The lowest BCUT2D eigenvalue weighted by Crippen LogP contribution is -2.70. The van der Waals surface area contributed by atoms with E-state index in [2.05, 4.69) is 24.9 Å². The summed E-state index contributed by atoms with van der Waals surface area (Å²) in [5, 5.41) is 41.5. The van der Waals surface area contributed by atoms with Crippen molar-refractivity contribution in [1.29, 1.82) is 0 Å². The molecule has 1 saturated carbocycles. The van der Waals surface area contributed by atoms with Crippen LogP contribution in [0.3, 0.4) is 0 Å². The number of nitro benzene ring substituents is 1. The smallest absolute Gasteiger partial charge is 0.412 e. The Labute approximate surface area is 449 Å². The van der Waals surface area contributed by atoms with E-state index in [1.165, 1.54) is 63.2 Å². The number of benzene rings is 4. The standard InChI is InChI=1S/C62H80N4O10/c1-4-7-8-9-10-11-12-13-14-19-37-63-61(70)75-50-34-35-56-54(42-50)59-52(28-18-21-39-68)47(24-17-20-38-67)41-53-55(64-74-6-3)43-57(62(76-56,60(53)59)73-40-5-2)65(44-48-26-22-25-46-23-15-16-27-51(46)48)58(69)36-31-45-29-32-49(33-30-45)66(71)72/h5,15-16,22-23,25-27,29-36,41-42,47,52,57,59-60,67-68H,2,4,6-14,17-21,24,28,37-40,43-44H2,1,3H3,(H,63,70)/t47-,52+,57-,59+,60+,62+/m0/s1. The molecule has 0 aromatic heterocycles. The van der Waals surface area contributed by atoms with E-state index in [-0.39, 0.29) is 62.1 Å². The molecule has 14 heteroatoms. The molecule has 3 N–H and O–H groups in total. The summed E-state index contributed by atoms with van der Waals surface area (Å²) in [7, 11) is 0. The van der Waals surface area contributed by atoms with Crippen LogP contribution in [0.25, 0.3) is 16.8 Å². The fourth-order valence-corrected chi connectivity index (χ4v) is 11.7. The Hall–Kier alpha value is -6.35. The van der Waals surface area contributed by atoms with Crippen molar-refractivity contribution in [2.75, 3.05) is 33.0 Å². The van der Waals surface area contributed by atoms with E-state index in [0.29, 0.717) is 48.8 Å². The van der Waals surface area contributed by atoms with Crippen molar-refractivity contribution < 1.29 is 43.8 Å². The minimum Gasteiger partial charge on any atom is -0.459 e. The molecular formula is C62H80N4O10. The summed E-state index contributed by atoms with van der Waals surface area (Å²) < 4.78 is 20.8. The summed E-state index contributed by atoms with van der Waals surface area (Å²) in [4.78, 5) is 47.8. The zero-order valence-electron chi connectivity index (χ0n) is 44.8. The number of rotatable bonds is 31. The van der Waals surface area contributed by atoms with E-state index in [1.807, 2.05) is 61.5 Å². The van der Waals surface area contributed by atoms with E-state index in [4.69, 9.17) is 24.2 Å². The molecule has 76 heavy (non-hydrogen) atoms. The van der Waals surface area contributed by atoms with E-state index in [9.17, 15) is 25.1 Å². The van der Waals surface area contributed by atoms with Crippen LogP contribution < -0.4 is 14.8 Å². The first-order valence-electron chi connectivity index (χ1n) is 28.0. The largest absolute Gasteiger partial charge is 0.459 e. The van der Waals surface area contributed by atoms with Crippen LogP contribution >= 0.6 is 0 Å². The molecule has 0 spiro atoms. The molecule has 0 saturated heterocycles. The van der Waals surface area contributed by atoms with Gasteiger partial charge in [0.25, 0.3) is 5.69 Å². The first kappa shape index (κ1) is 57.4. The Balaban J connectivity index is 1.32. The Bertz CT molecular complexity index is 2630. The van der Waals surface area contributed by atoms with Gasteiger partial charge in [0.05, 0.1) is 23.2 Å². The second kappa shape index (κ2) is 29.2. The van der Waals surface area contributed by atoms with Crippen LogP contribution in [0.5, 0.6) is 11.5 Å². The molecule has 4 aromatic rings. The number of oxime groups is 1. The topological polar surface area (TPSA) is 182 Å². The first-order valence-corrected chi connectivity index (χ1v) is 28.0. The normalized spacial score (nSPS) is 21.1. The summed E-state index contributed by atoms with van der Waals surface area (Å²) >= 11 is 0. The van der Waals surface area contributed by atoms with E-state index in [0.717, 1.165) is 72.4 Å². The average Bonchev–Trinajstić information content (AvgIpc) is 3.63. The zero-order chi connectivity index (χ0) is 53.7. The van der Waals surface area contributed by atoms with E-state index >= 15 is 4.79 Å². The van der Waals surface area contributed by atoms with Crippen LogP contribution in [0.15, 0.2) is 120 Å². The monoisotopic (exact) mass is 1040 g/mol. The lowest BCUT2D eigenvalue weighted by Gasteiger charge is -2.60. The van der Waals surface area contributed by atoms with Crippen LogP contribution in [0, 0.1) is 27.9 Å². The first-order chi connectivity index (χ1) is 37.2. The third-order valence-corrected chi connectivity index (χ3v) is 15.4. The summed E-state index contributed by atoms with van der Waals surface area (Å²) in [6, 6.07) is 24.8. The molecule has 4 aromatic carbocycles. The minimum absolute atomic E-state index is 0.0000899. The third-order valence-electron chi connectivity index (χ3n) is 15.4. The van der Waals surface area contributed by atoms with Gasteiger partial charge in [-0.15, -0.1) is 6.58 Å². The Morgan fingerprint density at radius 3 is 2.30 bits per heavy atom. The number of allylic oxidation sites excluding steroid dienone is 1. The van der Waals surface area contributed by atoms with Gasteiger partial charge in [0.15, 0.2) is 0 Å². The number of non-ortho nitro benzene ring substituents is 1. The van der Waals surface area contributed by atoms with Crippen LogP contribution in [0.2, 0.25) is 0 Å². The number of aliphatic hydroxyl groups excluding tert-OH is 2. The lowest BCUT2D eigenvalue weighted by molar-refractivity contribution is -0.384. The number of nitro groups is 1. The lowest BCUT2D eigenvalue weighted by atomic mass is 9.55. The number of unbranched alkanes of at least 4 members (excludes halogenated alkanes) is 11. The van der Waals surface area contributed by atoms with Crippen LogP contribution in [0.4, 0.5) is 10.5 Å². The van der Waals surface area contributed by atoms with Crippen molar-refractivity contribution in [1.82, 2.24) is 10.2 Å². The predicted octanol–water partition coefficient (Wildman–Crippen LogP) is 13.2.